The number of anilines is 1. The van der Waals surface area contributed by atoms with Gasteiger partial charge < -0.3 is 5.32 Å². The van der Waals surface area contributed by atoms with Gasteiger partial charge in [0.1, 0.15) is 0 Å². The lowest BCUT2D eigenvalue weighted by atomic mass is 9.90. The van der Waals surface area contributed by atoms with E-state index in [0.717, 1.165) is 22.1 Å². The number of nitrogens with one attached hydrogen (secondary N) is 1. The number of carbonyl (C=O) groups excluding carboxylic acids is 1. The van der Waals surface area contributed by atoms with Gasteiger partial charge in [0.05, 0.1) is 11.8 Å². The van der Waals surface area contributed by atoms with Crippen molar-refractivity contribution in [2.24, 2.45) is 5.92 Å². The number of benzene rings is 1. The molecule has 2 rings (SSSR count). The monoisotopic (exact) mass is 278 g/mol. The van der Waals surface area contributed by atoms with Crippen LogP contribution in [0, 0.1) is 17.2 Å². The number of halogens is 1. The topological polar surface area (TPSA) is 52.9 Å². The predicted molar refractivity (Wildman–Crippen MR) is 64.8 cm³/mol. The number of rotatable bonds is 2. The van der Waals surface area contributed by atoms with Crippen LogP contribution in [0.5, 0.6) is 0 Å². The van der Waals surface area contributed by atoms with Crippen molar-refractivity contribution >= 4 is 27.5 Å². The van der Waals surface area contributed by atoms with Crippen LogP contribution in [0.4, 0.5) is 5.69 Å². The Kier molecular flexibility index (Phi) is 3.25. The molecule has 0 saturated heterocycles. The van der Waals surface area contributed by atoms with Gasteiger partial charge in [0.25, 0.3) is 0 Å². The van der Waals surface area contributed by atoms with Gasteiger partial charge in [0.15, 0.2) is 0 Å². The summed E-state index contributed by atoms with van der Waals surface area (Å²) in [5, 5.41) is 11.4. The molecule has 1 N–H and O–H groups in total. The van der Waals surface area contributed by atoms with E-state index >= 15 is 0 Å². The van der Waals surface area contributed by atoms with Crippen molar-refractivity contribution in [3.63, 3.8) is 0 Å². The molecule has 0 spiro atoms. The molecule has 3 nitrogen and oxygen atoms in total. The molecule has 1 aliphatic rings. The third kappa shape index (κ3) is 2.10. The average Bonchev–Trinajstić information content (AvgIpc) is 2.28. The van der Waals surface area contributed by atoms with Gasteiger partial charge in [-0.2, -0.15) is 5.26 Å². The minimum atomic E-state index is -0.0681. The van der Waals surface area contributed by atoms with Gasteiger partial charge in [0, 0.05) is 16.8 Å². The highest BCUT2D eigenvalue weighted by Crippen LogP contribution is 2.33. The Morgan fingerprint density at radius 2 is 2.38 bits per heavy atom. The van der Waals surface area contributed by atoms with E-state index in [-0.39, 0.29) is 11.8 Å². The Labute approximate surface area is 103 Å². The number of fused-ring (bicyclic) bond motifs is 1. The van der Waals surface area contributed by atoms with E-state index in [1.165, 1.54) is 0 Å². The first-order chi connectivity index (χ1) is 7.72. The molecule has 82 valence electrons. The predicted octanol–water partition coefficient (Wildman–Crippen LogP) is 2.86. The Bertz CT molecular complexity index is 465. The fourth-order valence-corrected chi connectivity index (χ4v) is 2.44. The third-order valence-corrected chi connectivity index (χ3v) is 3.45. The first kappa shape index (κ1) is 11.2. The summed E-state index contributed by atoms with van der Waals surface area (Å²) >= 11 is 3.42. The number of carbonyl (C=O) groups is 1. The average molecular weight is 279 g/mol. The highest BCUT2D eigenvalue weighted by atomic mass is 79.9. The number of nitriles is 1. The van der Waals surface area contributed by atoms with Crippen LogP contribution in [-0.4, -0.2) is 5.91 Å². The lowest BCUT2D eigenvalue weighted by molar-refractivity contribution is -0.120. The summed E-state index contributed by atoms with van der Waals surface area (Å²) in [5.74, 6) is -0.0453. The van der Waals surface area contributed by atoms with Gasteiger partial charge >= 0.3 is 0 Å². The Morgan fingerprint density at radius 1 is 1.56 bits per heavy atom. The molecule has 4 heteroatoms. The molecule has 1 heterocycles. The second-order valence-corrected chi connectivity index (χ2v) is 4.72. The molecular weight excluding hydrogens is 268 g/mol. The SMILES string of the molecule is N#CCCC1Cc2cccc(Br)c2NC1=O. The van der Waals surface area contributed by atoms with Crippen LogP contribution in [0.2, 0.25) is 0 Å². The first-order valence-electron chi connectivity index (χ1n) is 5.17. The van der Waals surface area contributed by atoms with E-state index in [9.17, 15) is 4.79 Å². The van der Waals surface area contributed by atoms with Gasteiger partial charge in [-0.15, -0.1) is 0 Å². The molecule has 1 aromatic carbocycles. The number of hydrogen-bond acceptors (Lipinski definition) is 2. The molecule has 0 bridgehead atoms. The number of nitrogens with zero attached hydrogens (tertiary/aromatic N) is 1. The molecule has 1 aliphatic heterocycles. The van der Waals surface area contributed by atoms with Crippen LogP contribution in [0.15, 0.2) is 22.7 Å². The molecule has 0 aromatic heterocycles. The van der Waals surface area contributed by atoms with Crippen LogP contribution in [0.1, 0.15) is 18.4 Å². The fourth-order valence-electron chi connectivity index (χ4n) is 1.93. The molecule has 0 aliphatic carbocycles. The summed E-state index contributed by atoms with van der Waals surface area (Å²) < 4.78 is 0.914. The molecule has 1 atom stereocenters. The zero-order valence-corrected chi connectivity index (χ0v) is 10.3. The summed E-state index contributed by atoms with van der Waals surface area (Å²) in [6.07, 6.45) is 1.79. The van der Waals surface area contributed by atoms with Crippen LogP contribution in [0.25, 0.3) is 0 Å². The summed E-state index contributed by atoms with van der Waals surface area (Å²) in [6, 6.07) is 7.97. The van der Waals surface area contributed by atoms with Crippen molar-refractivity contribution < 1.29 is 4.79 Å². The molecular formula is C12H11BrN2O. The van der Waals surface area contributed by atoms with Crippen molar-refractivity contribution in [2.75, 3.05) is 5.32 Å². The second-order valence-electron chi connectivity index (χ2n) is 3.86. The third-order valence-electron chi connectivity index (χ3n) is 2.79. The van der Waals surface area contributed by atoms with E-state index < -0.39 is 0 Å². The van der Waals surface area contributed by atoms with Crippen LogP contribution >= 0.6 is 15.9 Å². The zero-order chi connectivity index (χ0) is 11.5. The number of amides is 1. The van der Waals surface area contributed by atoms with E-state index in [2.05, 4.69) is 27.3 Å². The molecule has 1 unspecified atom stereocenters. The summed E-state index contributed by atoms with van der Waals surface area (Å²) in [7, 11) is 0. The lowest BCUT2D eigenvalue weighted by Gasteiger charge is -2.24. The first-order valence-corrected chi connectivity index (χ1v) is 5.97. The molecule has 1 aromatic rings. The van der Waals surface area contributed by atoms with Crippen LogP contribution in [0.3, 0.4) is 0 Å². The largest absolute Gasteiger partial charge is 0.325 e. The lowest BCUT2D eigenvalue weighted by Crippen LogP contribution is -2.30. The minimum Gasteiger partial charge on any atom is -0.325 e. The van der Waals surface area contributed by atoms with Gasteiger partial charge in [-0.3, -0.25) is 4.79 Å². The van der Waals surface area contributed by atoms with E-state index in [0.29, 0.717) is 12.8 Å². The zero-order valence-electron chi connectivity index (χ0n) is 8.66. The molecule has 0 radical (unpaired) electrons. The molecule has 0 fully saturated rings. The van der Waals surface area contributed by atoms with Crippen LogP contribution in [-0.2, 0) is 11.2 Å². The molecule has 1 amide bonds. The maximum Gasteiger partial charge on any atom is 0.227 e. The number of hydrogen-bond donors (Lipinski definition) is 1. The highest BCUT2D eigenvalue weighted by Gasteiger charge is 2.26. The maximum absolute atomic E-state index is 11.8. The van der Waals surface area contributed by atoms with E-state index in [1.807, 2.05) is 18.2 Å². The molecule has 16 heavy (non-hydrogen) atoms. The summed E-state index contributed by atoms with van der Waals surface area (Å²) in [5.41, 5.74) is 2.01. The van der Waals surface area contributed by atoms with Crippen molar-refractivity contribution in [3.8, 4) is 6.07 Å². The number of para-hydroxylation sites is 1. The van der Waals surface area contributed by atoms with Gasteiger partial charge in [0.2, 0.25) is 5.91 Å². The van der Waals surface area contributed by atoms with E-state index in [1.54, 1.807) is 0 Å². The highest BCUT2D eigenvalue weighted by molar-refractivity contribution is 9.10. The standard InChI is InChI=1S/C12H11BrN2O/c13-10-5-1-3-8-7-9(4-2-6-14)12(16)15-11(8)10/h1,3,5,9H,2,4,7H2,(H,15,16). The summed E-state index contributed by atoms with van der Waals surface area (Å²) in [4.78, 5) is 11.8. The summed E-state index contributed by atoms with van der Waals surface area (Å²) in [6.45, 7) is 0. The Hall–Kier alpha value is -1.34. The maximum atomic E-state index is 11.8. The quantitative estimate of drug-likeness (QED) is 0.905. The smallest absolute Gasteiger partial charge is 0.227 e. The van der Waals surface area contributed by atoms with Crippen LogP contribution < -0.4 is 5.32 Å². The van der Waals surface area contributed by atoms with Crippen molar-refractivity contribution in [1.82, 2.24) is 0 Å². The second kappa shape index (κ2) is 4.67. The Balaban J connectivity index is 2.22. The van der Waals surface area contributed by atoms with Gasteiger partial charge in [-0.1, -0.05) is 12.1 Å². The van der Waals surface area contributed by atoms with Gasteiger partial charge in [-0.25, -0.2) is 0 Å². The van der Waals surface area contributed by atoms with Gasteiger partial charge in [-0.05, 0) is 40.4 Å². The van der Waals surface area contributed by atoms with Crippen molar-refractivity contribution in [3.05, 3.63) is 28.2 Å². The minimum absolute atomic E-state index is 0.0228. The van der Waals surface area contributed by atoms with E-state index in [4.69, 9.17) is 5.26 Å². The fraction of sp³-hybridized carbons (Fsp3) is 0.333. The molecule has 0 saturated carbocycles. The normalized spacial score (nSPS) is 18.5. The Morgan fingerprint density at radius 3 is 3.12 bits per heavy atom. The van der Waals surface area contributed by atoms with Crippen molar-refractivity contribution in [1.29, 1.82) is 5.26 Å². The van der Waals surface area contributed by atoms with Crippen molar-refractivity contribution in [2.45, 2.75) is 19.3 Å².